The topological polar surface area (TPSA) is 86.8 Å². The summed E-state index contributed by atoms with van der Waals surface area (Å²) in [6.45, 7) is 4.84. The molecular weight excluding hydrogens is 653 g/mol. The molecule has 0 bridgehead atoms. The van der Waals surface area contributed by atoms with E-state index in [9.17, 15) is 18.0 Å². The van der Waals surface area contributed by atoms with Gasteiger partial charge in [-0.05, 0) is 74.4 Å². The lowest BCUT2D eigenvalue weighted by atomic mass is 10.0. The molecule has 0 unspecified atom stereocenters. The summed E-state index contributed by atoms with van der Waals surface area (Å²) in [6, 6.07) is 27.2. The van der Waals surface area contributed by atoms with Crippen LogP contribution >= 0.6 is 34.8 Å². The molecule has 4 rings (SSSR count). The van der Waals surface area contributed by atoms with Crippen LogP contribution in [0.1, 0.15) is 31.9 Å². The Morgan fingerprint density at radius 1 is 0.800 bits per heavy atom. The molecule has 0 radical (unpaired) electrons. The second kappa shape index (κ2) is 14.7. The van der Waals surface area contributed by atoms with Crippen LogP contribution in [0.5, 0.6) is 0 Å². The minimum Gasteiger partial charge on any atom is -0.350 e. The molecule has 0 aromatic heterocycles. The maximum atomic E-state index is 14.5. The fraction of sp³-hybridized carbons (Fsp3) is 0.235. The molecule has 1 N–H and O–H groups in total. The molecular formula is C34H34Cl3N3O4S. The van der Waals surface area contributed by atoms with Gasteiger partial charge in [0.2, 0.25) is 11.8 Å². The summed E-state index contributed by atoms with van der Waals surface area (Å²) in [6.07, 6.45) is 0.169. The van der Waals surface area contributed by atoms with E-state index in [-0.39, 0.29) is 23.5 Å². The number of sulfonamides is 1. The van der Waals surface area contributed by atoms with E-state index in [1.54, 1.807) is 54.6 Å². The molecule has 1 atom stereocenters. The summed E-state index contributed by atoms with van der Waals surface area (Å²) in [5, 5.41) is 4.01. The fourth-order valence-corrected chi connectivity index (χ4v) is 6.80. The Morgan fingerprint density at radius 3 is 2.02 bits per heavy atom. The number of carbonyl (C=O) groups is 2. The summed E-state index contributed by atoms with van der Waals surface area (Å²) >= 11 is 19.0. The third kappa shape index (κ3) is 9.23. The first-order valence-corrected chi connectivity index (χ1v) is 16.7. The van der Waals surface area contributed by atoms with Gasteiger partial charge in [0.1, 0.15) is 12.6 Å². The molecule has 4 aromatic rings. The Bertz CT molecular complexity index is 1750. The van der Waals surface area contributed by atoms with Crippen molar-refractivity contribution in [1.29, 1.82) is 0 Å². The summed E-state index contributed by atoms with van der Waals surface area (Å²) < 4.78 is 29.1. The molecule has 4 aromatic carbocycles. The number of nitrogens with one attached hydrogen (secondary N) is 1. The minimum atomic E-state index is -4.24. The summed E-state index contributed by atoms with van der Waals surface area (Å²) in [5.41, 5.74) is 0.941. The van der Waals surface area contributed by atoms with Crippen LogP contribution in [0.25, 0.3) is 0 Å². The largest absolute Gasteiger partial charge is 0.350 e. The lowest BCUT2D eigenvalue weighted by Gasteiger charge is -2.35. The molecule has 0 aliphatic carbocycles. The molecule has 0 aliphatic heterocycles. The Kier molecular flexibility index (Phi) is 11.2. The average Bonchev–Trinajstić information content (AvgIpc) is 2.98. The van der Waals surface area contributed by atoms with Gasteiger partial charge >= 0.3 is 0 Å². The van der Waals surface area contributed by atoms with Gasteiger partial charge in [0, 0.05) is 33.6 Å². The normalized spacial score (nSPS) is 12.3. The highest BCUT2D eigenvalue weighted by atomic mass is 35.5. The van der Waals surface area contributed by atoms with Gasteiger partial charge in [0.05, 0.1) is 10.6 Å². The van der Waals surface area contributed by atoms with Crippen LogP contribution < -0.4 is 9.62 Å². The summed E-state index contributed by atoms with van der Waals surface area (Å²) in [4.78, 5) is 29.8. The van der Waals surface area contributed by atoms with Crippen molar-refractivity contribution in [3.05, 3.63) is 129 Å². The molecule has 0 fully saturated rings. The summed E-state index contributed by atoms with van der Waals surface area (Å²) in [5.74, 6) is -1.02. The van der Waals surface area contributed by atoms with Crippen LogP contribution in [0.15, 0.2) is 108 Å². The predicted octanol–water partition coefficient (Wildman–Crippen LogP) is 7.40. The van der Waals surface area contributed by atoms with Crippen molar-refractivity contribution in [2.45, 2.75) is 50.2 Å². The SMILES string of the molecule is CC(C)(C)NC(=O)[C@@H](Cc1ccccc1)N(Cc1ccc(Cl)cc1Cl)C(=O)CN(c1cccc(Cl)c1)S(=O)(=O)c1ccccc1. The smallest absolute Gasteiger partial charge is 0.264 e. The monoisotopic (exact) mass is 685 g/mol. The Hall–Kier alpha value is -3.56. The third-order valence-corrected chi connectivity index (χ3v) is 9.44. The maximum absolute atomic E-state index is 14.5. The van der Waals surface area contributed by atoms with E-state index in [1.165, 1.54) is 23.1 Å². The second-order valence-corrected chi connectivity index (χ2v) is 14.6. The van der Waals surface area contributed by atoms with E-state index < -0.39 is 40.0 Å². The number of hydrogen-bond donors (Lipinski definition) is 1. The number of amides is 2. The number of carbonyl (C=O) groups excluding carboxylic acids is 2. The Labute approximate surface area is 279 Å². The molecule has 7 nitrogen and oxygen atoms in total. The molecule has 2 amide bonds. The molecule has 45 heavy (non-hydrogen) atoms. The lowest BCUT2D eigenvalue weighted by molar-refractivity contribution is -0.140. The average molecular weight is 687 g/mol. The van der Waals surface area contributed by atoms with Gasteiger partial charge in [-0.3, -0.25) is 13.9 Å². The first kappa shape index (κ1) is 34.3. The van der Waals surface area contributed by atoms with Gasteiger partial charge in [0.25, 0.3) is 10.0 Å². The van der Waals surface area contributed by atoms with E-state index in [0.717, 1.165) is 9.87 Å². The molecule has 0 heterocycles. The molecule has 0 spiro atoms. The van der Waals surface area contributed by atoms with Crippen LogP contribution in [0.3, 0.4) is 0 Å². The third-order valence-electron chi connectivity index (χ3n) is 6.83. The number of anilines is 1. The van der Waals surface area contributed by atoms with E-state index in [2.05, 4.69) is 5.32 Å². The van der Waals surface area contributed by atoms with Crippen LogP contribution in [-0.4, -0.2) is 43.3 Å². The van der Waals surface area contributed by atoms with Crippen molar-refractivity contribution in [3.8, 4) is 0 Å². The molecule has 0 aliphatic rings. The van der Waals surface area contributed by atoms with Crippen LogP contribution in [0, 0.1) is 0 Å². The standard InChI is InChI=1S/C34H34Cl3N3O4S/c1-34(2,3)38-33(42)31(19-24-11-6-4-7-12-24)39(22-25-17-18-27(36)21-30(25)37)32(41)23-40(28-14-10-13-26(35)20-28)45(43,44)29-15-8-5-9-16-29/h4-18,20-21,31H,19,22-23H2,1-3H3,(H,38,42)/t31-/m1/s1. The van der Waals surface area contributed by atoms with Crippen molar-refractivity contribution in [2.24, 2.45) is 0 Å². The molecule has 0 saturated carbocycles. The predicted molar refractivity (Wildman–Crippen MR) is 181 cm³/mol. The minimum absolute atomic E-state index is 0.00335. The number of hydrogen-bond acceptors (Lipinski definition) is 4. The van der Waals surface area contributed by atoms with Gasteiger partial charge < -0.3 is 10.2 Å². The fourth-order valence-electron chi connectivity index (χ4n) is 4.72. The molecule has 236 valence electrons. The van der Waals surface area contributed by atoms with Gasteiger partial charge in [-0.25, -0.2) is 8.42 Å². The number of halogens is 3. The van der Waals surface area contributed by atoms with E-state index >= 15 is 0 Å². The highest BCUT2D eigenvalue weighted by Crippen LogP contribution is 2.28. The van der Waals surface area contributed by atoms with Gasteiger partial charge in [-0.2, -0.15) is 0 Å². The van der Waals surface area contributed by atoms with Gasteiger partial charge in [0.15, 0.2) is 0 Å². The highest BCUT2D eigenvalue weighted by Gasteiger charge is 2.36. The zero-order chi connectivity index (χ0) is 32.8. The second-order valence-electron chi connectivity index (χ2n) is 11.5. The van der Waals surface area contributed by atoms with E-state index in [4.69, 9.17) is 34.8 Å². The van der Waals surface area contributed by atoms with Crippen molar-refractivity contribution >= 4 is 62.3 Å². The zero-order valence-corrected chi connectivity index (χ0v) is 28.2. The van der Waals surface area contributed by atoms with Crippen molar-refractivity contribution in [2.75, 3.05) is 10.8 Å². The van der Waals surface area contributed by atoms with E-state index in [0.29, 0.717) is 20.6 Å². The molecule has 11 heteroatoms. The van der Waals surface area contributed by atoms with Crippen LogP contribution in [0.2, 0.25) is 15.1 Å². The Morgan fingerprint density at radius 2 is 1.42 bits per heavy atom. The van der Waals surface area contributed by atoms with E-state index in [1.807, 2.05) is 51.1 Å². The van der Waals surface area contributed by atoms with Gasteiger partial charge in [-0.15, -0.1) is 0 Å². The maximum Gasteiger partial charge on any atom is 0.264 e. The zero-order valence-electron chi connectivity index (χ0n) is 25.1. The van der Waals surface area contributed by atoms with Crippen molar-refractivity contribution in [1.82, 2.24) is 10.2 Å². The number of nitrogens with zero attached hydrogens (tertiary/aromatic N) is 2. The summed E-state index contributed by atoms with van der Waals surface area (Å²) in [7, 11) is -4.24. The first-order chi connectivity index (χ1) is 21.2. The number of rotatable bonds is 11. The van der Waals surface area contributed by atoms with Crippen molar-refractivity contribution in [3.63, 3.8) is 0 Å². The van der Waals surface area contributed by atoms with Crippen molar-refractivity contribution < 1.29 is 18.0 Å². The quantitative estimate of drug-likeness (QED) is 0.178. The van der Waals surface area contributed by atoms with Crippen LogP contribution in [-0.2, 0) is 32.6 Å². The van der Waals surface area contributed by atoms with Crippen LogP contribution in [0.4, 0.5) is 5.69 Å². The Balaban J connectivity index is 1.84. The molecule has 0 saturated heterocycles. The number of benzene rings is 4. The lowest BCUT2D eigenvalue weighted by Crippen LogP contribution is -2.56. The highest BCUT2D eigenvalue weighted by molar-refractivity contribution is 7.92. The first-order valence-electron chi connectivity index (χ1n) is 14.2. The van der Waals surface area contributed by atoms with Gasteiger partial charge in [-0.1, -0.05) is 95.5 Å².